The molecular weight excluding hydrogens is 416 g/mol. The number of allylic oxidation sites excluding steroid dienone is 1. The molecule has 2 aliphatic rings. The van der Waals surface area contributed by atoms with E-state index in [1.54, 1.807) is 32.3 Å². The molecule has 1 saturated heterocycles. The van der Waals surface area contributed by atoms with Gasteiger partial charge in [0.25, 0.3) is 11.8 Å². The van der Waals surface area contributed by atoms with Gasteiger partial charge in [0.05, 0.1) is 23.5 Å². The largest absolute Gasteiger partial charge is 0.356 e. The summed E-state index contributed by atoms with van der Waals surface area (Å²) in [6.07, 6.45) is 6.67. The molecule has 0 saturated carbocycles. The Bertz CT molecular complexity index is 1080. The molecule has 2 N–H and O–H groups in total. The summed E-state index contributed by atoms with van der Waals surface area (Å²) in [6, 6.07) is 6.31. The number of anilines is 2. The zero-order valence-corrected chi connectivity index (χ0v) is 20.2. The molecule has 0 unspecified atom stereocenters. The third-order valence-corrected chi connectivity index (χ3v) is 6.57. The van der Waals surface area contributed by atoms with E-state index in [4.69, 9.17) is 0 Å². The van der Waals surface area contributed by atoms with Gasteiger partial charge in [-0.1, -0.05) is 6.92 Å². The first-order valence-electron chi connectivity index (χ1n) is 11.7. The number of benzene rings is 1. The third kappa shape index (κ3) is 4.66. The highest BCUT2D eigenvalue weighted by atomic mass is 16.2. The van der Waals surface area contributed by atoms with Crippen LogP contribution in [0.2, 0.25) is 0 Å². The molecule has 176 valence electrons. The summed E-state index contributed by atoms with van der Waals surface area (Å²) in [6.45, 7) is 8.67. The minimum Gasteiger partial charge on any atom is -0.356 e. The van der Waals surface area contributed by atoms with Gasteiger partial charge >= 0.3 is 0 Å². The van der Waals surface area contributed by atoms with Gasteiger partial charge in [0, 0.05) is 61.9 Å². The minimum absolute atomic E-state index is 0.0905. The number of aromatic nitrogens is 2. The first-order valence-corrected chi connectivity index (χ1v) is 11.7. The monoisotopic (exact) mass is 450 g/mol. The Morgan fingerprint density at radius 2 is 2.00 bits per heavy atom. The van der Waals surface area contributed by atoms with Crippen LogP contribution >= 0.6 is 0 Å². The molecule has 3 heterocycles. The standard InChI is InChI=1S/C25H34N6O2/c1-6-21(23-20-13-17(25(33)29(4)5)7-8-22(20)28-24(23)32)27-18-14-26-31(15-18)19-9-11-30(12-10-19)16(2)3/h7-8,13-16,19,27H,6,9-12H2,1-5H3,(H,28,32)/b23-21-. The number of amides is 2. The highest BCUT2D eigenvalue weighted by Gasteiger charge is 2.29. The topological polar surface area (TPSA) is 82.5 Å². The van der Waals surface area contributed by atoms with Crippen molar-refractivity contribution < 1.29 is 9.59 Å². The van der Waals surface area contributed by atoms with Crippen LogP contribution in [0.4, 0.5) is 11.4 Å². The maximum atomic E-state index is 12.8. The van der Waals surface area contributed by atoms with Gasteiger partial charge < -0.3 is 20.4 Å². The number of likely N-dealkylation sites (tertiary alicyclic amines) is 1. The Balaban J connectivity index is 1.57. The fourth-order valence-corrected chi connectivity index (χ4v) is 4.63. The SMILES string of the molecule is CC/C(Nc1cnn(C2CCN(C(C)C)CC2)c1)=C1/C(=O)Nc2ccc(C(=O)N(C)C)cc21. The smallest absolute Gasteiger partial charge is 0.258 e. The number of fused-ring (bicyclic) bond motifs is 1. The quantitative estimate of drug-likeness (QED) is 0.654. The van der Waals surface area contributed by atoms with Gasteiger partial charge in [0.1, 0.15) is 0 Å². The van der Waals surface area contributed by atoms with Gasteiger partial charge in [-0.05, 0) is 51.3 Å². The maximum Gasteiger partial charge on any atom is 0.258 e. The maximum absolute atomic E-state index is 12.8. The summed E-state index contributed by atoms with van der Waals surface area (Å²) in [5.41, 5.74) is 4.31. The number of hydrogen-bond donors (Lipinski definition) is 2. The Labute approximate surface area is 195 Å². The molecule has 2 aromatic rings. The minimum atomic E-state index is -0.155. The molecule has 0 bridgehead atoms. The van der Waals surface area contributed by atoms with E-state index in [1.807, 2.05) is 19.3 Å². The number of nitrogens with one attached hydrogen (secondary N) is 2. The summed E-state index contributed by atoms with van der Waals surface area (Å²) in [5, 5.41) is 11.0. The van der Waals surface area contributed by atoms with Gasteiger partial charge in [-0.3, -0.25) is 14.3 Å². The van der Waals surface area contributed by atoms with Crippen LogP contribution in [0.15, 0.2) is 36.3 Å². The Morgan fingerprint density at radius 1 is 1.27 bits per heavy atom. The molecular formula is C25H34N6O2. The molecule has 1 fully saturated rings. The normalized spacial score (nSPS) is 18.3. The molecule has 33 heavy (non-hydrogen) atoms. The summed E-state index contributed by atoms with van der Waals surface area (Å²) in [7, 11) is 3.44. The summed E-state index contributed by atoms with van der Waals surface area (Å²) in [4.78, 5) is 29.3. The average Bonchev–Trinajstić information content (AvgIpc) is 3.40. The molecule has 4 rings (SSSR count). The van der Waals surface area contributed by atoms with Crippen molar-refractivity contribution in [3.63, 3.8) is 0 Å². The van der Waals surface area contributed by atoms with E-state index >= 15 is 0 Å². The highest BCUT2D eigenvalue weighted by Crippen LogP contribution is 2.36. The molecule has 0 radical (unpaired) electrons. The van der Waals surface area contributed by atoms with Crippen molar-refractivity contribution in [3.05, 3.63) is 47.4 Å². The number of piperidine rings is 1. The van der Waals surface area contributed by atoms with Crippen molar-refractivity contribution in [2.45, 2.75) is 52.1 Å². The summed E-state index contributed by atoms with van der Waals surface area (Å²) >= 11 is 0. The first kappa shape index (κ1) is 23.0. The first-order chi connectivity index (χ1) is 15.8. The zero-order chi connectivity index (χ0) is 23.7. The lowest BCUT2D eigenvalue weighted by Crippen LogP contribution is -2.39. The van der Waals surface area contributed by atoms with Crippen molar-refractivity contribution in [1.82, 2.24) is 19.6 Å². The predicted molar refractivity (Wildman–Crippen MR) is 131 cm³/mol. The van der Waals surface area contributed by atoms with Crippen molar-refractivity contribution in [3.8, 4) is 0 Å². The number of rotatable bonds is 6. The van der Waals surface area contributed by atoms with Gasteiger partial charge in [-0.2, -0.15) is 5.10 Å². The summed E-state index contributed by atoms with van der Waals surface area (Å²) in [5.74, 6) is -0.246. The lowest BCUT2D eigenvalue weighted by atomic mass is 10.0. The molecule has 8 heteroatoms. The second-order valence-corrected chi connectivity index (χ2v) is 9.32. The van der Waals surface area contributed by atoms with Gasteiger partial charge in [0.2, 0.25) is 0 Å². The van der Waals surface area contributed by atoms with Crippen molar-refractivity contribution >= 4 is 28.8 Å². The zero-order valence-electron chi connectivity index (χ0n) is 20.2. The Hall–Kier alpha value is -3.13. The number of carbonyl (C=O) groups is 2. The van der Waals surface area contributed by atoms with Crippen molar-refractivity contribution in [2.24, 2.45) is 0 Å². The Morgan fingerprint density at radius 3 is 2.64 bits per heavy atom. The van der Waals surface area contributed by atoms with Crippen LogP contribution in [0, 0.1) is 0 Å². The summed E-state index contributed by atoms with van der Waals surface area (Å²) < 4.78 is 2.05. The van der Waals surface area contributed by atoms with Crippen LogP contribution in [0.25, 0.3) is 5.57 Å². The molecule has 8 nitrogen and oxygen atoms in total. The van der Waals surface area contributed by atoms with Gasteiger partial charge in [-0.15, -0.1) is 0 Å². The van der Waals surface area contributed by atoms with Gasteiger partial charge in [0.15, 0.2) is 0 Å². The molecule has 0 aliphatic carbocycles. The fraction of sp³-hybridized carbons (Fsp3) is 0.480. The molecule has 0 spiro atoms. The highest BCUT2D eigenvalue weighted by molar-refractivity contribution is 6.32. The van der Waals surface area contributed by atoms with E-state index in [9.17, 15) is 9.59 Å². The molecule has 2 amide bonds. The lowest BCUT2D eigenvalue weighted by Gasteiger charge is -2.34. The van der Waals surface area contributed by atoms with E-state index < -0.39 is 0 Å². The molecule has 2 aliphatic heterocycles. The predicted octanol–water partition coefficient (Wildman–Crippen LogP) is 3.82. The van der Waals surface area contributed by atoms with E-state index in [2.05, 4.69) is 39.2 Å². The van der Waals surface area contributed by atoms with Gasteiger partial charge in [-0.25, -0.2) is 0 Å². The number of hydrogen-bond acceptors (Lipinski definition) is 5. The number of nitrogens with zero attached hydrogens (tertiary/aromatic N) is 4. The van der Waals surface area contributed by atoms with Crippen LogP contribution in [0.5, 0.6) is 0 Å². The van der Waals surface area contributed by atoms with E-state index in [1.165, 1.54) is 4.90 Å². The van der Waals surface area contributed by atoms with Crippen LogP contribution in [-0.4, -0.2) is 64.6 Å². The van der Waals surface area contributed by atoms with Crippen LogP contribution in [-0.2, 0) is 4.79 Å². The van der Waals surface area contributed by atoms with Crippen molar-refractivity contribution in [1.29, 1.82) is 0 Å². The average molecular weight is 451 g/mol. The third-order valence-electron chi connectivity index (χ3n) is 6.57. The molecule has 1 aromatic heterocycles. The van der Waals surface area contributed by atoms with Crippen LogP contribution in [0.1, 0.15) is 62.0 Å². The van der Waals surface area contributed by atoms with E-state index in [0.717, 1.165) is 48.6 Å². The second kappa shape index (κ2) is 9.39. The van der Waals surface area contributed by atoms with Crippen molar-refractivity contribution in [2.75, 3.05) is 37.8 Å². The molecule has 1 aromatic carbocycles. The van der Waals surface area contributed by atoms with Crippen LogP contribution < -0.4 is 10.6 Å². The van der Waals surface area contributed by atoms with E-state index in [0.29, 0.717) is 29.6 Å². The second-order valence-electron chi connectivity index (χ2n) is 9.32. The fourth-order valence-electron chi connectivity index (χ4n) is 4.63. The number of carbonyl (C=O) groups excluding carboxylic acids is 2. The molecule has 0 atom stereocenters. The lowest BCUT2D eigenvalue weighted by molar-refractivity contribution is -0.110. The Kier molecular flexibility index (Phi) is 6.56. The van der Waals surface area contributed by atoms with E-state index in [-0.39, 0.29) is 11.8 Å². The van der Waals surface area contributed by atoms with Crippen LogP contribution in [0.3, 0.4) is 0 Å².